The molecule has 0 saturated heterocycles. The van der Waals surface area contributed by atoms with Crippen molar-refractivity contribution < 1.29 is 0 Å². The lowest BCUT2D eigenvalue weighted by atomic mass is 9.99. The molecule has 0 unspecified atom stereocenters. The van der Waals surface area contributed by atoms with E-state index in [4.69, 9.17) is 5.73 Å². The third-order valence-electron chi connectivity index (χ3n) is 4.02. The summed E-state index contributed by atoms with van der Waals surface area (Å²) in [5, 5.41) is 12.7. The highest BCUT2D eigenvalue weighted by molar-refractivity contribution is 7.13. The van der Waals surface area contributed by atoms with Crippen molar-refractivity contribution >= 4 is 22.1 Å². The Hall–Kier alpha value is -2.42. The van der Waals surface area contributed by atoms with Gasteiger partial charge in [0.05, 0.1) is 11.6 Å². The van der Waals surface area contributed by atoms with E-state index in [2.05, 4.69) is 19.9 Å². The van der Waals surface area contributed by atoms with E-state index in [1.165, 1.54) is 0 Å². The first-order valence-corrected chi connectivity index (χ1v) is 8.78. The molecule has 0 bridgehead atoms. The first kappa shape index (κ1) is 16.4. The van der Waals surface area contributed by atoms with Crippen molar-refractivity contribution in [1.82, 2.24) is 4.57 Å². The van der Waals surface area contributed by atoms with E-state index in [-0.39, 0.29) is 12.1 Å². The van der Waals surface area contributed by atoms with Gasteiger partial charge in [-0.1, -0.05) is 19.9 Å². The predicted octanol–water partition coefficient (Wildman–Crippen LogP) is 3.72. The van der Waals surface area contributed by atoms with E-state index >= 15 is 0 Å². The van der Waals surface area contributed by atoms with E-state index < -0.39 is 0 Å². The number of rotatable bonds is 4. The van der Waals surface area contributed by atoms with Gasteiger partial charge in [-0.3, -0.25) is 4.79 Å². The maximum Gasteiger partial charge on any atom is 0.258 e. The molecule has 3 rings (SSSR count). The number of hydrogen-bond donors (Lipinski definition) is 1. The van der Waals surface area contributed by atoms with Gasteiger partial charge in [0.1, 0.15) is 0 Å². The topological polar surface area (TPSA) is 71.8 Å². The Morgan fingerprint density at radius 3 is 2.67 bits per heavy atom. The van der Waals surface area contributed by atoms with E-state index in [0.29, 0.717) is 23.4 Å². The predicted molar refractivity (Wildman–Crippen MR) is 99.0 cm³/mol. The fourth-order valence-electron chi connectivity index (χ4n) is 3.03. The number of thiophene rings is 1. The number of pyridine rings is 1. The molecule has 0 aliphatic carbocycles. The minimum Gasteiger partial charge on any atom is -0.325 e. The molecule has 0 radical (unpaired) electrons. The van der Waals surface area contributed by atoms with Crippen LogP contribution in [-0.4, -0.2) is 4.57 Å². The first-order valence-electron chi connectivity index (χ1n) is 7.90. The quantitative estimate of drug-likeness (QED) is 0.788. The van der Waals surface area contributed by atoms with Gasteiger partial charge in [0, 0.05) is 34.6 Å². The second-order valence-electron chi connectivity index (χ2n) is 6.18. The molecule has 1 aromatic carbocycles. The highest BCUT2D eigenvalue weighted by Crippen LogP contribution is 2.34. The molecule has 0 aliphatic rings. The lowest BCUT2D eigenvalue weighted by Gasteiger charge is -2.19. The normalized spacial score (nSPS) is 11.1. The summed E-state index contributed by atoms with van der Waals surface area (Å²) in [6.45, 7) is 5.07. The zero-order chi connectivity index (χ0) is 17.3. The molecule has 2 aromatic heterocycles. The number of hydrogen-bond acceptors (Lipinski definition) is 4. The lowest BCUT2D eigenvalue weighted by Crippen LogP contribution is -2.28. The number of aromatic nitrogens is 1. The van der Waals surface area contributed by atoms with Crippen LogP contribution in [0.2, 0.25) is 0 Å². The number of nitriles is 1. The second-order valence-corrected chi connectivity index (χ2v) is 7.13. The molecular formula is C19H19N3OS. The van der Waals surface area contributed by atoms with Crippen LogP contribution in [0.1, 0.15) is 25.1 Å². The molecule has 0 amide bonds. The van der Waals surface area contributed by atoms with Gasteiger partial charge in [-0.15, -0.1) is 11.3 Å². The van der Waals surface area contributed by atoms with Crippen molar-refractivity contribution in [2.24, 2.45) is 11.7 Å². The van der Waals surface area contributed by atoms with Crippen molar-refractivity contribution in [3.8, 4) is 16.5 Å². The van der Waals surface area contributed by atoms with E-state index in [0.717, 1.165) is 21.5 Å². The molecule has 4 nitrogen and oxygen atoms in total. The summed E-state index contributed by atoms with van der Waals surface area (Å²) in [7, 11) is 0. The zero-order valence-corrected chi connectivity index (χ0v) is 14.6. The summed E-state index contributed by atoms with van der Waals surface area (Å²) in [6.07, 6.45) is 0. The molecule has 0 spiro atoms. The van der Waals surface area contributed by atoms with Crippen LogP contribution in [0, 0.1) is 17.2 Å². The van der Waals surface area contributed by atoms with Crippen LogP contribution in [0.25, 0.3) is 21.2 Å². The fraction of sp³-hybridized carbons (Fsp3) is 0.263. The minimum absolute atomic E-state index is 0.0380. The molecule has 122 valence electrons. The molecule has 2 N–H and O–H groups in total. The fourth-order valence-corrected chi connectivity index (χ4v) is 3.84. The van der Waals surface area contributed by atoms with Gasteiger partial charge in [0.25, 0.3) is 5.56 Å². The maximum atomic E-state index is 13.0. The largest absolute Gasteiger partial charge is 0.325 e. The van der Waals surface area contributed by atoms with Crippen LogP contribution < -0.4 is 11.3 Å². The van der Waals surface area contributed by atoms with E-state index in [9.17, 15) is 10.1 Å². The zero-order valence-electron chi connectivity index (χ0n) is 13.7. The highest BCUT2D eigenvalue weighted by Gasteiger charge is 2.18. The first-order chi connectivity index (χ1) is 11.6. The van der Waals surface area contributed by atoms with Gasteiger partial charge in [0.15, 0.2) is 0 Å². The van der Waals surface area contributed by atoms with Crippen LogP contribution in [0.15, 0.2) is 40.5 Å². The molecule has 2 heterocycles. The maximum absolute atomic E-state index is 13.0. The Kier molecular flexibility index (Phi) is 4.52. The standard InChI is InChI=1S/C19H19N3OS/c1-12(2)11-22-16(10-21)18(17-4-3-7-24-17)15-8-13(9-20)5-6-14(15)19(22)23/h3-8,12H,10-11,21H2,1-2H3. The molecule has 3 aromatic rings. The summed E-state index contributed by atoms with van der Waals surface area (Å²) in [6, 6.07) is 11.4. The average Bonchev–Trinajstić information content (AvgIpc) is 3.10. The van der Waals surface area contributed by atoms with Crippen molar-refractivity contribution in [3.63, 3.8) is 0 Å². The molecular weight excluding hydrogens is 318 g/mol. The smallest absolute Gasteiger partial charge is 0.258 e. The summed E-state index contributed by atoms with van der Waals surface area (Å²) in [4.78, 5) is 14.1. The molecule has 24 heavy (non-hydrogen) atoms. The molecule has 0 aliphatic heterocycles. The number of nitrogens with zero attached hydrogens (tertiary/aromatic N) is 2. The van der Waals surface area contributed by atoms with Crippen LogP contribution in [0.4, 0.5) is 0 Å². The van der Waals surface area contributed by atoms with Crippen LogP contribution in [0.5, 0.6) is 0 Å². The van der Waals surface area contributed by atoms with Crippen molar-refractivity contribution in [2.75, 3.05) is 0 Å². The summed E-state index contributed by atoms with van der Waals surface area (Å²) >= 11 is 1.61. The Morgan fingerprint density at radius 2 is 2.08 bits per heavy atom. The Labute approximate surface area is 144 Å². The number of fused-ring (bicyclic) bond motifs is 1. The third-order valence-corrected chi connectivity index (χ3v) is 4.90. The van der Waals surface area contributed by atoms with Gasteiger partial charge in [-0.25, -0.2) is 0 Å². The SMILES string of the molecule is CC(C)Cn1c(CN)c(-c2cccs2)c2cc(C#N)ccc2c1=O. The Balaban J connectivity index is 2.49. The summed E-state index contributed by atoms with van der Waals surface area (Å²) in [5.74, 6) is 0.333. The average molecular weight is 337 g/mol. The molecule has 0 fully saturated rings. The Bertz CT molecular complexity index is 978. The highest BCUT2D eigenvalue weighted by atomic mass is 32.1. The van der Waals surface area contributed by atoms with Crippen molar-refractivity contribution in [1.29, 1.82) is 5.26 Å². The number of benzene rings is 1. The van der Waals surface area contributed by atoms with Crippen LogP contribution in [-0.2, 0) is 13.1 Å². The van der Waals surface area contributed by atoms with Gasteiger partial charge >= 0.3 is 0 Å². The third kappa shape index (κ3) is 2.75. The molecule has 0 saturated carbocycles. The van der Waals surface area contributed by atoms with E-state index in [1.54, 1.807) is 34.1 Å². The monoisotopic (exact) mass is 337 g/mol. The molecule has 0 atom stereocenters. The van der Waals surface area contributed by atoms with Crippen LogP contribution in [0.3, 0.4) is 0 Å². The van der Waals surface area contributed by atoms with Crippen molar-refractivity contribution in [3.05, 3.63) is 57.3 Å². The minimum atomic E-state index is -0.0380. The Morgan fingerprint density at radius 1 is 1.29 bits per heavy atom. The van der Waals surface area contributed by atoms with Crippen LogP contribution >= 0.6 is 11.3 Å². The second kappa shape index (κ2) is 6.60. The van der Waals surface area contributed by atoms with Gasteiger partial charge in [0.2, 0.25) is 0 Å². The van der Waals surface area contributed by atoms with Gasteiger partial charge < -0.3 is 10.3 Å². The van der Waals surface area contributed by atoms with E-state index in [1.807, 2.05) is 17.5 Å². The van der Waals surface area contributed by atoms with Gasteiger partial charge in [-0.2, -0.15) is 5.26 Å². The summed E-state index contributed by atoms with van der Waals surface area (Å²) < 4.78 is 1.80. The number of nitrogens with two attached hydrogens (primary N) is 1. The lowest BCUT2D eigenvalue weighted by molar-refractivity contribution is 0.499. The van der Waals surface area contributed by atoms with Gasteiger partial charge in [-0.05, 0) is 40.9 Å². The molecule has 5 heteroatoms. The van der Waals surface area contributed by atoms with Crippen molar-refractivity contribution in [2.45, 2.75) is 26.9 Å². The summed E-state index contributed by atoms with van der Waals surface area (Å²) in [5.41, 5.74) is 8.36.